The minimum atomic E-state index is -0.468. The number of halogens is 2. The van der Waals surface area contributed by atoms with Crippen molar-refractivity contribution < 1.29 is 0 Å². The van der Waals surface area contributed by atoms with Crippen molar-refractivity contribution in [1.82, 2.24) is 7.35 Å². The first-order chi connectivity index (χ1) is 7.61. The molecule has 0 saturated heterocycles. The molecule has 0 saturated carbocycles. The highest BCUT2D eigenvalue weighted by molar-refractivity contribution is 14.1. The number of rotatable bonds is 1. The van der Waals surface area contributed by atoms with Gasteiger partial charge in [0, 0.05) is 6.07 Å². The maximum absolute atomic E-state index is 11.8. The summed E-state index contributed by atoms with van der Waals surface area (Å²) in [5.41, 5.74) is -0.269. The first-order valence-electron chi connectivity index (χ1n) is 4.37. The molecule has 6 heteroatoms. The van der Waals surface area contributed by atoms with Crippen LogP contribution >= 0.6 is 34.5 Å². The van der Waals surface area contributed by atoms with Crippen LogP contribution in [-0.2, 0) is 0 Å². The van der Waals surface area contributed by atoms with Gasteiger partial charge in [0.2, 0.25) is 0 Å². The lowest BCUT2D eigenvalue weighted by atomic mass is 10.3. The second-order valence-corrected chi connectivity index (χ2v) is 4.39. The Bertz CT molecular complexity index is 634. The van der Waals surface area contributed by atoms with Crippen molar-refractivity contribution in [3.63, 3.8) is 0 Å². The Labute approximate surface area is 110 Å². The monoisotopic (exact) mass is 348 g/mol. The predicted molar refractivity (Wildman–Crippen MR) is 70.7 cm³/mol. The Morgan fingerprint density at radius 1 is 1.12 bits per heavy atom. The third-order valence-corrected chi connectivity index (χ3v) is 3.19. The summed E-state index contributed by atoms with van der Waals surface area (Å²) in [7, 11) is 0. The van der Waals surface area contributed by atoms with E-state index in [0.29, 0.717) is 5.69 Å². The van der Waals surface area contributed by atoms with E-state index in [9.17, 15) is 9.59 Å². The van der Waals surface area contributed by atoms with Crippen molar-refractivity contribution in [2.75, 3.05) is 0 Å². The van der Waals surface area contributed by atoms with Crippen molar-refractivity contribution in [2.24, 2.45) is 0 Å². The molecule has 0 atom stereocenters. The largest absolute Gasteiger partial charge is 0.345 e. The molecule has 16 heavy (non-hydrogen) atoms. The van der Waals surface area contributed by atoms with E-state index in [4.69, 9.17) is 11.6 Å². The standard InChI is InChI=1S/C10H6ClIN2O2/c11-8-6-9(15)14(12)10(16)13(8)7-4-2-1-3-5-7/h1-6H. The van der Waals surface area contributed by atoms with Crippen LogP contribution in [-0.4, -0.2) is 7.35 Å². The molecule has 0 bridgehead atoms. The van der Waals surface area contributed by atoms with Crippen LogP contribution in [0.5, 0.6) is 0 Å². The molecule has 0 radical (unpaired) electrons. The van der Waals surface area contributed by atoms with Crippen LogP contribution in [0.4, 0.5) is 0 Å². The van der Waals surface area contributed by atoms with Gasteiger partial charge in [0.25, 0.3) is 5.56 Å². The minimum Gasteiger partial charge on any atom is -0.268 e. The smallest absolute Gasteiger partial charge is 0.268 e. The van der Waals surface area contributed by atoms with Gasteiger partial charge in [-0.3, -0.25) is 9.36 Å². The molecule has 1 aromatic heterocycles. The molecule has 0 amide bonds. The molecule has 1 heterocycles. The van der Waals surface area contributed by atoms with Crippen molar-refractivity contribution in [3.05, 3.63) is 62.4 Å². The molecule has 4 nitrogen and oxygen atoms in total. The number of hydrogen-bond donors (Lipinski definition) is 0. The van der Waals surface area contributed by atoms with Gasteiger partial charge in [0.1, 0.15) is 5.15 Å². The Morgan fingerprint density at radius 3 is 2.38 bits per heavy atom. The molecule has 0 N–H and O–H groups in total. The van der Waals surface area contributed by atoms with E-state index < -0.39 is 11.2 Å². The lowest BCUT2D eigenvalue weighted by molar-refractivity contribution is 0.884. The van der Waals surface area contributed by atoms with Crippen molar-refractivity contribution >= 4 is 34.5 Å². The van der Waals surface area contributed by atoms with Gasteiger partial charge in [-0.05, 0) is 12.1 Å². The SMILES string of the molecule is O=c1cc(Cl)n(-c2ccccc2)c(=O)n1I. The van der Waals surface area contributed by atoms with Crippen molar-refractivity contribution in [2.45, 2.75) is 0 Å². The second kappa shape index (κ2) is 4.42. The van der Waals surface area contributed by atoms with Gasteiger partial charge < -0.3 is 0 Å². The summed E-state index contributed by atoms with van der Waals surface area (Å²) >= 11 is 7.54. The summed E-state index contributed by atoms with van der Waals surface area (Å²) in [5, 5.41) is 0.106. The highest BCUT2D eigenvalue weighted by atomic mass is 127. The first-order valence-corrected chi connectivity index (χ1v) is 5.72. The summed E-state index contributed by atoms with van der Waals surface area (Å²) in [6.07, 6.45) is 0. The molecule has 0 aliphatic rings. The summed E-state index contributed by atoms with van der Waals surface area (Å²) in [4.78, 5) is 23.1. The molecule has 0 aliphatic carbocycles. The molecular weight excluding hydrogens is 342 g/mol. The van der Waals surface area contributed by atoms with Crippen LogP contribution in [0.25, 0.3) is 5.69 Å². The quantitative estimate of drug-likeness (QED) is 0.583. The Hall–Kier alpha value is -1.08. The second-order valence-electron chi connectivity index (χ2n) is 3.04. The van der Waals surface area contributed by atoms with E-state index in [1.807, 2.05) is 6.07 Å². The molecule has 0 fully saturated rings. The number of nitrogens with zero attached hydrogens (tertiary/aromatic N) is 2. The van der Waals surface area contributed by atoms with Gasteiger partial charge in [-0.25, -0.2) is 4.79 Å². The molecule has 1 aromatic carbocycles. The maximum Gasteiger partial charge on any atom is 0.345 e. The van der Waals surface area contributed by atoms with Crippen LogP contribution in [0.2, 0.25) is 5.15 Å². The van der Waals surface area contributed by atoms with E-state index in [-0.39, 0.29) is 5.15 Å². The van der Waals surface area contributed by atoms with Crippen LogP contribution in [0.15, 0.2) is 46.0 Å². The Morgan fingerprint density at radius 2 is 1.75 bits per heavy atom. The third-order valence-electron chi connectivity index (χ3n) is 2.02. The predicted octanol–water partition coefficient (Wildman–Crippen LogP) is 1.85. The molecule has 82 valence electrons. The van der Waals surface area contributed by atoms with E-state index in [2.05, 4.69) is 0 Å². The first kappa shape index (κ1) is 11.4. The Balaban J connectivity index is 2.82. The van der Waals surface area contributed by atoms with Gasteiger partial charge in [0.15, 0.2) is 0 Å². The molecule has 0 spiro atoms. The summed E-state index contributed by atoms with van der Waals surface area (Å²) < 4.78 is 2.26. The van der Waals surface area contributed by atoms with Crippen LogP contribution in [0.3, 0.4) is 0 Å². The summed E-state index contributed by atoms with van der Waals surface area (Å²) in [6, 6.07) is 10.1. The minimum absolute atomic E-state index is 0.106. The van der Waals surface area contributed by atoms with Gasteiger partial charge in [0.05, 0.1) is 28.6 Å². The fourth-order valence-electron chi connectivity index (χ4n) is 1.31. The van der Waals surface area contributed by atoms with Gasteiger partial charge in [-0.15, -0.1) is 0 Å². The van der Waals surface area contributed by atoms with Crippen LogP contribution < -0.4 is 11.2 Å². The van der Waals surface area contributed by atoms with E-state index in [0.717, 1.165) is 2.78 Å². The Kier molecular flexibility index (Phi) is 3.15. The number of aromatic nitrogens is 2. The zero-order valence-corrected chi connectivity index (χ0v) is 10.8. The van der Waals surface area contributed by atoms with Gasteiger partial charge in [-0.1, -0.05) is 29.8 Å². The zero-order chi connectivity index (χ0) is 11.7. The highest BCUT2D eigenvalue weighted by Gasteiger charge is 2.09. The van der Waals surface area contributed by atoms with Crippen LogP contribution in [0, 0.1) is 0 Å². The van der Waals surface area contributed by atoms with E-state index in [1.165, 1.54) is 10.6 Å². The summed E-state index contributed by atoms with van der Waals surface area (Å²) in [5.74, 6) is 0. The fourth-order valence-corrected chi connectivity index (χ4v) is 1.93. The molecule has 2 rings (SSSR count). The number of para-hydroxylation sites is 1. The molecule has 0 aliphatic heterocycles. The highest BCUT2D eigenvalue weighted by Crippen LogP contribution is 2.11. The zero-order valence-electron chi connectivity index (χ0n) is 7.93. The average Bonchev–Trinajstić information content (AvgIpc) is 2.28. The number of hydrogen-bond acceptors (Lipinski definition) is 2. The van der Waals surface area contributed by atoms with Gasteiger partial charge >= 0.3 is 5.69 Å². The van der Waals surface area contributed by atoms with E-state index >= 15 is 0 Å². The molecule has 0 unspecified atom stereocenters. The van der Waals surface area contributed by atoms with Crippen molar-refractivity contribution in [3.8, 4) is 5.69 Å². The molecule has 2 aromatic rings. The van der Waals surface area contributed by atoms with Gasteiger partial charge in [-0.2, -0.15) is 2.78 Å². The van der Waals surface area contributed by atoms with E-state index in [1.54, 1.807) is 47.1 Å². The maximum atomic E-state index is 11.8. The topological polar surface area (TPSA) is 44.0 Å². The molecular formula is C10H6ClIN2O2. The normalized spacial score (nSPS) is 10.4. The van der Waals surface area contributed by atoms with Crippen LogP contribution in [0.1, 0.15) is 0 Å². The number of benzene rings is 1. The lowest BCUT2D eigenvalue weighted by Gasteiger charge is -2.08. The summed E-state index contributed by atoms with van der Waals surface area (Å²) in [6.45, 7) is 0. The lowest BCUT2D eigenvalue weighted by Crippen LogP contribution is -2.33. The average molecular weight is 349 g/mol. The third kappa shape index (κ3) is 1.92. The van der Waals surface area contributed by atoms with Crippen molar-refractivity contribution in [1.29, 1.82) is 0 Å². The fraction of sp³-hybridized carbons (Fsp3) is 0.